The second-order valence-corrected chi connectivity index (χ2v) is 6.91. The van der Waals surface area contributed by atoms with E-state index in [-0.39, 0.29) is 30.9 Å². The minimum atomic E-state index is -0.441. The molecule has 1 aromatic heterocycles. The molecule has 2 heterocycles. The third-order valence-electron chi connectivity index (χ3n) is 4.41. The van der Waals surface area contributed by atoms with E-state index in [4.69, 9.17) is 20.8 Å². The number of carbonyl (C=O) groups excluding carboxylic acids is 2. The third-order valence-corrected chi connectivity index (χ3v) is 4.66. The Morgan fingerprint density at radius 1 is 1.17 bits per heavy atom. The summed E-state index contributed by atoms with van der Waals surface area (Å²) in [7, 11) is 0. The molecule has 0 aliphatic carbocycles. The van der Waals surface area contributed by atoms with Gasteiger partial charge >= 0.3 is 6.01 Å². The Morgan fingerprint density at radius 3 is 2.69 bits per heavy atom. The number of ether oxygens (including phenoxy) is 1. The van der Waals surface area contributed by atoms with E-state index in [1.165, 1.54) is 0 Å². The first kappa shape index (κ1) is 18.9. The molecule has 1 fully saturated rings. The lowest BCUT2D eigenvalue weighted by molar-refractivity contribution is -0.118. The number of hydrogen-bond acceptors (Lipinski definition) is 6. The van der Waals surface area contributed by atoms with Gasteiger partial charge in [-0.3, -0.25) is 14.9 Å². The molecule has 0 bridgehead atoms. The lowest BCUT2D eigenvalue weighted by Crippen LogP contribution is -2.24. The maximum absolute atomic E-state index is 12.3. The first-order valence-electron chi connectivity index (χ1n) is 8.95. The van der Waals surface area contributed by atoms with E-state index < -0.39 is 5.91 Å². The predicted molar refractivity (Wildman–Crippen MR) is 106 cm³/mol. The summed E-state index contributed by atoms with van der Waals surface area (Å²) >= 11 is 5.80. The number of amides is 2. The smallest absolute Gasteiger partial charge is 0.322 e. The van der Waals surface area contributed by atoms with Crippen LogP contribution in [0.4, 0.5) is 11.7 Å². The zero-order valence-electron chi connectivity index (χ0n) is 15.2. The minimum absolute atomic E-state index is 0.0126. The van der Waals surface area contributed by atoms with Crippen molar-refractivity contribution >= 4 is 35.1 Å². The lowest BCUT2D eigenvalue weighted by atomic mass is 10.1. The maximum Gasteiger partial charge on any atom is 0.322 e. The summed E-state index contributed by atoms with van der Waals surface area (Å²) in [4.78, 5) is 26.0. The van der Waals surface area contributed by atoms with E-state index in [1.807, 2.05) is 30.3 Å². The number of hydrogen-bond donors (Lipinski definition) is 1. The topological polar surface area (TPSA) is 97.6 Å². The molecular weight excluding hydrogens is 396 g/mol. The molecule has 8 nitrogen and oxygen atoms in total. The van der Waals surface area contributed by atoms with Crippen LogP contribution in [0.2, 0.25) is 5.02 Å². The van der Waals surface area contributed by atoms with Crippen molar-refractivity contribution < 1.29 is 18.7 Å². The number of benzene rings is 2. The molecule has 2 amide bonds. The van der Waals surface area contributed by atoms with Crippen molar-refractivity contribution in [1.82, 2.24) is 10.2 Å². The zero-order chi connectivity index (χ0) is 20.2. The molecule has 29 heavy (non-hydrogen) atoms. The summed E-state index contributed by atoms with van der Waals surface area (Å²) in [6.07, 6.45) is 0.268. The molecule has 1 unspecified atom stereocenters. The molecule has 148 valence electrons. The van der Waals surface area contributed by atoms with Crippen LogP contribution in [-0.4, -0.2) is 35.2 Å². The quantitative estimate of drug-likeness (QED) is 0.667. The first-order valence-corrected chi connectivity index (χ1v) is 9.33. The van der Waals surface area contributed by atoms with Crippen molar-refractivity contribution in [2.45, 2.75) is 12.3 Å². The number of nitrogens with zero attached hydrogens (tertiary/aromatic N) is 3. The molecule has 0 spiro atoms. The molecule has 4 rings (SSSR count). The monoisotopic (exact) mass is 412 g/mol. The van der Waals surface area contributed by atoms with Gasteiger partial charge in [-0.2, -0.15) is 0 Å². The Balaban J connectivity index is 1.33. The normalized spacial score (nSPS) is 16.1. The summed E-state index contributed by atoms with van der Waals surface area (Å²) in [6, 6.07) is 16.0. The largest absolute Gasteiger partial charge is 0.484 e. The fourth-order valence-electron chi connectivity index (χ4n) is 3.02. The number of rotatable bonds is 6. The molecule has 3 aromatic rings. The molecular formula is C20H17ClN4O4. The van der Waals surface area contributed by atoms with Crippen molar-refractivity contribution in [3.63, 3.8) is 0 Å². The first-order chi connectivity index (χ1) is 14.1. The van der Waals surface area contributed by atoms with Gasteiger partial charge in [0.25, 0.3) is 5.91 Å². The van der Waals surface area contributed by atoms with Gasteiger partial charge < -0.3 is 14.1 Å². The highest BCUT2D eigenvalue weighted by atomic mass is 35.5. The van der Waals surface area contributed by atoms with Gasteiger partial charge in [0.2, 0.25) is 11.8 Å². The van der Waals surface area contributed by atoms with Gasteiger partial charge in [0, 0.05) is 23.7 Å². The highest BCUT2D eigenvalue weighted by Gasteiger charge is 2.35. The van der Waals surface area contributed by atoms with Crippen molar-refractivity contribution in [2.75, 3.05) is 23.4 Å². The van der Waals surface area contributed by atoms with Gasteiger partial charge in [-0.25, -0.2) is 0 Å². The Bertz CT molecular complexity index is 1010. The Kier molecular flexibility index (Phi) is 5.44. The summed E-state index contributed by atoms with van der Waals surface area (Å²) in [5.41, 5.74) is 0.826. The van der Waals surface area contributed by atoms with Gasteiger partial charge in [-0.15, -0.1) is 5.10 Å². The molecule has 1 aliphatic rings. The molecule has 9 heteroatoms. The van der Waals surface area contributed by atoms with E-state index in [2.05, 4.69) is 15.5 Å². The van der Waals surface area contributed by atoms with Crippen LogP contribution in [0.15, 0.2) is 59.0 Å². The van der Waals surface area contributed by atoms with E-state index >= 15 is 0 Å². The molecule has 0 saturated carbocycles. The Hall–Kier alpha value is -3.39. The average Bonchev–Trinajstić information content (AvgIpc) is 3.35. The second-order valence-electron chi connectivity index (χ2n) is 6.48. The van der Waals surface area contributed by atoms with Crippen LogP contribution in [0.3, 0.4) is 0 Å². The number of aromatic nitrogens is 2. The molecule has 1 saturated heterocycles. The van der Waals surface area contributed by atoms with Gasteiger partial charge in [0.05, 0.1) is 5.92 Å². The van der Waals surface area contributed by atoms with Gasteiger partial charge in [-0.05, 0) is 36.4 Å². The summed E-state index contributed by atoms with van der Waals surface area (Å²) in [5, 5.41) is 10.9. The van der Waals surface area contributed by atoms with Crippen molar-refractivity contribution in [1.29, 1.82) is 0 Å². The molecule has 0 radical (unpaired) electrons. The van der Waals surface area contributed by atoms with Gasteiger partial charge in [-0.1, -0.05) is 34.9 Å². The van der Waals surface area contributed by atoms with E-state index in [1.54, 1.807) is 29.2 Å². The fourth-order valence-corrected chi connectivity index (χ4v) is 3.14. The van der Waals surface area contributed by atoms with Gasteiger partial charge in [0.1, 0.15) is 5.75 Å². The number of halogens is 1. The number of nitrogens with one attached hydrogen (secondary N) is 1. The van der Waals surface area contributed by atoms with Gasteiger partial charge in [0.15, 0.2) is 6.61 Å². The van der Waals surface area contributed by atoms with Crippen LogP contribution < -0.4 is 15.0 Å². The standard InChI is InChI=1S/C20H17ClN4O4/c21-14-6-8-16(9-7-14)28-12-17(26)22-20-24-23-19(29-20)13-10-18(27)25(11-13)15-4-2-1-3-5-15/h1-9,13H,10-12H2,(H,22,24,26). The van der Waals surface area contributed by atoms with Crippen LogP contribution >= 0.6 is 11.6 Å². The number of para-hydroxylation sites is 1. The highest BCUT2D eigenvalue weighted by Crippen LogP contribution is 2.31. The van der Waals surface area contributed by atoms with E-state index in [0.29, 0.717) is 23.2 Å². The average molecular weight is 413 g/mol. The SMILES string of the molecule is O=C(COc1ccc(Cl)cc1)Nc1nnc(C2CC(=O)N(c3ccccc3)C2)o1. The minimum Gasteiger partial charge on any atom is -0.484 e. The molecule has 1 aliphatic heterocycles. The Labute approximate surface area is 171 Å². The summed E-state index contributed by atoms with van der Waals surface area (Å²) in [5.74, 6) is 0.142. The maximum atomic E-state index is 12.3. The van der Waals surface area contributed by atoms with Crippen LogP contribution in [0.25, 0.3) is 0 Å². The molecule has 2 aromatic carbocycles. The van der Waals surface area contributed by atoms with Crippen LogP contribution in [0.1, 0.15) is 18.2 Å². The molecule has 1 atom stereocenters. The fraction of sp³-hybridized carbons (Fsp3) is 0.200. The van der Waals surface area contributed by atoms with E-state index in [0.717, 1.165) is 5.69 Å². The molecule has 1 N–H and O–H groups in total. The highest BCUT2D eigenvalue weighted by molar-refractivity contribution is 6.30. The summed E-state index contributed by atoms with van der Waals surface area (Å²) in [6.45, 7) is 0.223. The number of carbonyl (C=O) groups is 2. The lowest BCUT2D eigenvalue weighted by Gasteiger charge is -2.15. The van der Waals surface area contributed by atoms with Crippen LogP contribution in [0.5, 0.6) is 5.75 Å². The van der Waals surface area contributed by atoms with E-state index in [9.17, 15) is 9.59 Å². The summed E-state index contributed by atoms with van der Waals surface area (Å²) < 4.78 is 10.9. The second kappa shape index (κ2) is 8.32. The van der Waals surface area contributed by atoms with Crippen LogP contribution in [0, 0.1) is 0 Å². The Morgan fingerprint density at radius 2 is 1.93 bits per heavy atom. The van der Waals surface area contributed by atoms with Crippen molar-refractivity contribution in [3.05, 3.63) is 65.5 Å². The van der Waals surface area contributed by atoms with Crippen molar-refractivity contribution in [3.8, 4) is 5.75 Å². The zero-order valence-corrected chi connectivity index (χ0v) is 16.0. The van der Waals surface area contributed by atoms with Crippen LogP contribution in [-0.2, 0) is 9.59 Å². The predicted octanol–water partition coefficient (Wildman–Crippen LogP) is 3.26. The van der Waals surface area contributed by atoms with Crippen molar-refractivity contribution in [2.24, 2.45) is 0 Å². The third kappa shape index (κ3) is 4.55. The number of anilines is 2.